The predicted octanol–water partition coefficient (Wildman–Crippen LogP) is 5.39. The number of para-hydroxylation sites is 2. The average Bonchev–Trinajstić information content (AvgIpc) is 3.56. The van der Waals surface area contributed by atoms with Gasteiger partial charge in [0.05, 0.1) is 22.2 Å². The summed E-state index contributed by atoms with van der Waals surface area (Å²) in [6, 6.07) is 13.9. The maximum atomic E-state index is 13.0. The van der Waals surface area contributed by atoms with E-state index in [9.17, 15) is 24.0 Å². The van der Waals surface area contributed by atoms with Gasteiger partial charge in [-0.2, -0.15) is 0 Å². The molecule has 0 amide bonds. The number of hydrogen-bond donors (Lipinski definition) is 0. The number of nitrogens with zero attached hydrogens (tertiary/aromatic N) is 2. The summed E-state index contributed by atoms with van der Waals surface area (Å²) in [6.45, 7) is 7.13. The van der Waals surface area contributed by atoms with Crippen molar-refractivity contribution in [2.75, 3.05) is 13.2 Å². The highest BCUT2D eigenvalue weighted by Gasteiger charge is 2.21. The third kappa shape index (κ3) is 5.99. The fourth-order valence-corrected chi connectivity index (χ4v) is 4.38. The highest BCUT2D eigenvalue weighted by molar-refractivity contribution is 6.08. The van der Waals surface area contributed by atoms with Crippen LogP contribution in [0.1, 0.15) is 56.0 Å². The first-order valence-electron chi connectivity index (χ1n) is 12.7. The van der Waals surface area contributed by atoms with Gasteiger partial charge in [0.2, 0.25) is 11.8 Å². The van der Waals surface area contributed by atoms with Crippen LogP contribution < -0.4 is 0 Å². The summed E-state index contributed by atoms with van der Waals surface area (Å²) in [7, 11) is 0. The third-order valence-electron chi connectivity index (χ3n) is 6.30. The second-order valence-electron chi connectivity index (χ2n) is 8.96. The molecule has 0 aliphatic rings. The largest absolute Gasteiger partial charge is 0.458 e. The number of ether oxygens (including phenoxy) is 2. The summed E-state index contributed by atoms with van der Waals surface area (Å²) in [4.78, 5) is 63.5. The molecule has 2 aromatic carbocycles. The van der Waals surface area contributed by atoms with E-state index in [0.29, 0.717) is 21.8 Å². The Bertz CT molecular complexity index is 1520. The molecule has 0 bridgehead atoms. The number of carbonyl (C=O) groups excluding carboxylic acids is 5. The van der Waals surface area contributed by atoms with E-state index in [4.69, 9.17) is 9.47 Å². The highest BCUT2D eigenvalue weighted by Crippen LogP contribution is 2.24. The van der Waals surface area contributed by atoms with Gasteiger partial charge in [0.15, 0.2) is 0 Å². The van der Waals surface area contributed by atoms with Gasteiger partial charge in [-0.3, -0.25) is 23.5 Å². The van der Waals surface area contributed by atoms with Crippen LogP contribution in [0, 0.1) is 0 Å². The zero-order chi connectivity index (χ0) is 28.6. The van der Waals surface area contributed by atoms with E-state index in [1.807, 2.05) is 0 Å². The van der Waals surface area contributed by atoms with E-state index in [2.05, 4.69) is 13.2 Å². The minimum absolute atomic E-state index is 0.0407. The van der Waals surface area contributed by atoms with Crippen LogP contribution >= 0.6 is 0 Å². The number of rotatable bonds is 12. The van der Waals surface area contributed by atoms with Crippen molar-refractivity contribution in [3.63, 3.8) is 0 Å². The molecule has 4 rings (SSSR count). The van der Waals surface area contributed by atoms with Crippen molar-refractivity contribution in [1.29, 1.82) is 0 Å². The van der Waals surface area contributed by atoms with Crippen molar-refractivity contribution in [2.45, 2.75) is 25.7 Å². The molecular weight excluding hydrogens is 512 g/mol. The van der Waals surface area contributed by atoms with Gasteiger partial charge in [-0.15, -0.1) is 0 Å². The Balaban J connectivity index is 1.40. The molecule has 204 valence electrons. The summed E-state index contributed by atoms with van der Waals surface area (Å²) in [5, 5.41) is 1.13. The smallest absolute Gasteiger partial charge is 0.340 e. The molecule has 0 aliphatic heterocycles. The Hall–Kier alpha value is -5.05. The van der Waals surface area contributed by atoms with E-state index in [0.717, 1.165) is 0 Å². The van der Waals surface area contributed by atoms with Crippen molar-refractivity contribution < 1.29 is 33.4 Å². The first kappa shape index (κ1) is 28.0. The highest BCUT2D eigenvalue weighted by atomic mass is 16.5. The third-order valence-corrected chi connectivity index (χ3v) is 6.30. The second-order valence-corrected chi connectivity index (χ2v) is 8.96. The number of hydrogen-bond acceptors (Lipinski definition) is 7. The molecule has 0 saturated heterocycles. The lowest BCUT2D eigenvalue weighted by Gasteiger charge is -2.05. The van der Waals surface area contributed by atoms with Crippen LogP contribution in [0.25, 0.3) is 21.8 Å². The van der Waals surface area contributed by atoms with Crippen molar-refractivity contribution in [2.24, 2.45) is 0 Å². The Morgan fingerprint density at radius 2 is 1.02 bits per heavy atom. The van der Waals surface area contributed by atoms with Crippen molar-refractivity contribution >= 4 is 51.3 Å². The molecule has 0 spiro atoms. The Labute approximate surface area is 230 Å². The SMILES string of the molecule is C=CCOC(=O)c1cn(C(=O)CCC(=O)CCC(=O)n2cc(C(=O)OCC=C)c3ccccc32)c2ccccc12. The topological polar surface area (TPSA) is 114 Å². The van der Waals surface area contributed by atoms with Gasteiger partial charge in [-0.25, -0.2) is 9.59 Å². The molecule has 0 unspecified atom stereocenters. The van der Waals surface area contributed by atoms with E-state index in [-0.39, 0.29) is 67.6 Å². The number of fused-ring (bicyclic) bond motifs is 2. The van der Waals surface area contributed by atoms with Crippen LogP contribution in [0.4, 0.5) is 0 Å². The van der Waals surface area contributed by atoms with Crippen LogP contribution in [-0.4, -0.2) is 51.9 Å². The van der Waals surface area contributed by atoms with Crippen molar-refractivity contribution in [3.05, 3.63) is 97.4 Å². The molecule has 9 heteroatoms. The summed E-state index contributed by atoms with van der Waals surface area (Å²) in [5.41, 5.74) is 1.55. The monoisotopic (exact) mass is 540 g/mol. The quantitative estimate of drug-likeness (QED) is 0.175. The van der Waals surface area contributed by atoms with Crippen LogP contribution in [0.15, 0.2) is 86.2 Å². The van der Waals surface area contributed by atoms with Gasteiger partial charge in [0.25, 0.3) is 0 Å². The Morgan fingerprint density at radius 3 is 1.43 bits per heavy atom. The average molecular weight is 541 g/mol. The zero-order valence-corrected chi connectivity index (χ0v) is 21.8. The Morgan fingerprint density at radius 1 is 0.625 bits per heavy atom. The van der Waals surface area contributed by atoms with Gasteiger partial charge in [0, 0.05) is 48.8 Å². The molecule has 0 radical (unpaired) electrons. The number of esters is 2. The van der Waals surface area contributed by atoms with Crippen LogP contribution in [0.5, 0.6) is 0 Å². The number of aromatic nitrogens is 2. The molecule has 0 atom stereocenters. The van der Waals surface area contributed by atoms with Crippen LogP contribution in [0.3, 0.4) is 0 Å². The summed E-state index contributed by atoms with van der Waals surface area (Å²) in [5.74, 6) is -2.14. The fourth-order valence-electron chi connectivity index (χ4n) is 4.38. The van der Waals surface area contributed by atoms with Crippen molar-refractivity contribution in [1.82, 2.24) is 9.13 Å². The van der Waals surface area contributed by atoms with E-state index < -0.39 is 11.9 Å². The maximum Gasteiger partial charge on any atom is 0.340 e. The first-order valence-corrected chi connectivity index (χ1v) is 12.7. The van der Waals surface area contributed by atoms with Crippen molar-refractivity contribution in [3.8, 4) is 0 Å². The van der Waals surface area contributed by atoms with Crippen LogP contribution in [0.2, 0.25) is 0 Å². The fraction of sp³-hybridized carbons (Fsp3) is 0.194. The predicted molar refractivity (Wildman–Crippen MR) is 150 cm³/mol. The lowest BCUT2D eigenvalue weighted by molar-refractivity contribution is -0.119. The van der Waals surface area contributed by atoms with Gasteiger partial charge in [-0.05, 0) is 12.1 Å². The second kappa shape index (κ2) is 12.7. The van der Waals surface area contributed by atoms with Crippen LogP contribution in [-0.2, 0) is 14.3 Å². The molecule has 0 N–H and O–H groups in total. The number of carbonyl (C=O) groups is 5. The van der Waals surface area contributed by atoms with Gasteiger partial charge in [0.1, 0.15) is 19.0 Å². The lowest BCUT2D eigenvalue weighted by atomic mass is 10.1. The molecule has 0 aliphatic carbocycles. The van der Waals surface area contributed by atoms with E-state index in [1.165, 1.54) is 33.7 Å². The van der Waals surface area contributed by atoms with E-state index in [1.54, 1.807) is 48.5 Å². The van der Waals surface area contributed by atoms with Gasteiger partial charge < -0.3 is 9.47 Å². The minimum atomic E-state index is -0.577. The number of benzene rings is 2. The summed E-state index contributed by atoms with van der Waals surface area (Å²) in [6.07, 6.45) is 5.41. The maximum absolute atomic E-state index is 13.0. The number of Topliss-reactive ketones (excluding diaryl/α,β-unsaturated/α-hetero) is 1. The summed E-state index contributed by atoms with van der Waals surface area (Å²) >= 11 is 0. The lowest BCUT2D eigenvalue weighted by Crippen LogP contribution is -2.14. The number of ketones is 1. The van der Waals surface area contributed by atoms with Gasteiger partial charge in [-0.1, -0.05) is 61.7 Å². The molecule has 4 aromatic rings. The molecule has 0 saturated carbocycles. The summed E-state index contributed by atoms with van der Waals surface area (Å²) < 4.78 is 12.9. The molecule has 2 aromatic heterocycles. The molecule has 2 heterocycles. The minimum Gasteiger partial charge on any atom is -0.458 e. The normalized spacial score (nSPS) is 10.8. The first-order chi connectivity index (χ1) is 19.3. The van der Waals surface area contributed by atoms with Gasteiger partial charge >= 0.3 is 11.9 Å². The Kier molecular flexibility index (Phi) is 8.86. The molecule has 9 nitrogen and oxygen atoms in total. The zero-order valence-electron chi connectivity index (χ0n) is 21.8. The molecular formula is C31H28N2O7. The standard InChI is InChI=1S/C31H28N2O7/c1-3-17-39-30(37)24-19-32(26-11-7-5-9-22(24)26)28(35)15-13-21(34)14-16-29(36)33-20-25(31(38)40-18-4-2)23-10-6-8-12-27(23)33/h3-12,19-20H,1-2,13-18H2. The molecule has 0 fully saturated rings. The van der Waals surface area contributed by atoms with E-state index >= 15 is 0 Å². The molecule has 40 heavy (non-hydrogen) atoms.